The van der Waals surface area contributed by atoms with Crippen LogP contribution >= 0.6 is 11.3 Å². The second-order valence-corrected chi connectivity index (χ2v) is 10.4. The number of hydrogen-bond acceptors (Lipinski definition) is 4. The minimum absolute atomic E-state index is 0.0476. The molecule has 0 aliphatic carbocycles. The zero-order valence-electron chi connectivity index (χ0n) is 20.2. The molecule has 1 amide bonds. The van der Waals surface area contributed by atoms with E-state index in [1.165, 1.54) is 21.6 Å². The molecule has 1 fully saturated rings. The predicted octanol–water partition coefficient (Wildman–Crippen LogP) is 6.02. The summed E-state index contributed by atoms with van der Waals surface area (Å²) >= 11 is 1.71. The van der Waals surface area contributed by atoms with E-state index in [4.69, 9.17) is 0 Å². The number of benzene rings is 2. The molecule has 1 unspecified atom stereocenters. The molecular weight excluding hydrogens is 426 g/mol. The zero-order valence-corrected chi connectivity index (χ0v) is 21.0. The van der Waals surface area contributed by atoms with E-state index in [2.05, 4.69) is 73.3 Å². The first-order valence-electron chi connectivity index (χ1n) is 12.0. The Morgan fingerprint density at radius 2 is 1.61 bits per heavy atom. The van der Waals surface area contributed by atoms with Gasteiger partial charge in [-0.2, -0.15) is 0 Å². The molecule has 1 aliphatic heterocycles. The Labute approximate surface area is 202 Å². The molecule has 1 N–H and O–H groups in total. The van der Waals surface area contributed by atoms with Gasteiger partial charge < -0.3 is 10.2 Å². The number of thiophene rings is 1. The SMILES string of the molecule is CCc1cc(C(c2ccc(C(C)C)cc2)N2CCN(C)CC2)c(NC(=O)c2ccccc2)s1. The molecule has 2 heterocycles. The van der Waals surface area contributed by atoms with Gasteiger partial charge in [0.2, 0.25) is 0 Å². The molecule has 1 saturated heterocycles. The summed E-state index contributed by atoms with van der Waals surface area (Å²) in [6.07, 6.45) is 0.959. The van der Waals surface area contributed by atoms with Crippen LogP contribution in [0.1, 0.15) is 64.7 Å². The van der Waals surface area contributed by atoms with Crippen molar-refractivity contribution in [2.24, 2.45) is 0 Å². The van der Waals surface area contributed by atoms with Gasteiger partial charge >= 0.3 is 0 Å². The number of carbonyl (C=O) groups excluding carboxylic acids is 1. The summed E-state index contributed by atoms with van der Waals surface area (Å²) in [6, 6.07) is 21.0. The zero-order chi connectivity index (χ0) is 23.4. The van der Waals surface area contributed by atoms with Crippen LogP contribution < -0.4 is 5.32 Å². The van der Waals surface area contributed by atoms with Crippen molar-refractivity contribution >= 4 is 22.2 Å². The summed E-state index contributed by atoms with van der Waals surface area (Å²) < 4.78 is 0. The fourth-order valence-electron chi connectivity index (χ4n) is 4.43. The molecule has 1 aromatic heterocycles. The third-order valence-corrected chi connectivity index (χ3v) is 7.75. The van der Waals surface area contributed by atoms with Crippen molar-refractivity contribution in [3.63, 3.8) is 0 Å². The summed E-state index contributed by atoms with van der Waals surface area (Å²) in [5, 5.41) is 4.22. The summed E-state index contributed by atoms with van der Waals surface area (Å²) in [4.78, 5) is 19.3. The van der Waals surface area contributed by atoms with Crippen molar-refractivity contribution in [2.75, 3.05) is 38.5 Å². The van der Waals surface area contributed by atoms with Crippen LogP contribution in [-0.4, -0.2) is 48.9 Å². The highest BCUT2D eigenvalue weighted by Crippen LogP contribution is 2.40. The molecule has 5 heteroatoms. The molecule has 0 bridgehead atoms. The molecule has 0 saturated carbocycles. The quantitative estimate of drug-likeness (QED) is 0.467. The van der Waals surface area contributed by atoms with Gasteiger partial charge in [-0.05, 0) is 48.7 Å². The molecule has 0 radical (unpaired) electrons. The van der Waals surface area contributed by atoms with Gasteiger partial charge in [0.15, 0.2) is 0 Å². The van der Waals surface area contributed by atoms with Crippen molar-refractivity contribution in [1.82, 2.24) is 9.80 Å². The largest absolute Gasteiger partial charge is 0.313 e. The number of amides is 1. The highest BCUT2D eigenvalue weighted by Gasteiger charge is 2.29. The second-order valence-electron chi connectivity index (χ2n) is 9.23. The fraction of sp³-hybridized carbons (Fsp3) is 0.393. The third-order valence-electron chi connectivity index (χ3n) is 6.54. The third kappa shape index (κ3) is 5.55. The van der Waals surface area contributed by atoms with Crippen LogP contribution in [0.5, 0.6) is 0 Å². The van der Waals surface area contributed by atoms with Crippen molar-refractivity contribution in [3.05, 3.63) is 87.8 Å². The maximum Gasteiger partial charge on any atom is 0.256 e. The highest BCUT2D eigenvalue weighted by molar-refractivity contribution is 7.16. The van der Waals surface area contributed by atoms with Crippen molar-refractivity contribution in [2.45, 2.75) is 39.2 Å². The van der Waals surface area contributed by atoms with E-state index in [1.54, 1.807) is 11.3 Å². The maximum absolute atomic E-state index is 13.0. The minimum Gasteiger partial charge on any atom is -0.313 e. The van der Waals surface area contributed by atoms with Gasteiger partial charge in [-0.15, -0.1) is 11.3 Å². The molecule has 1 atom stereocenters. The van der Waals surface area contributed by atoms with Gasteiger partial charge in [-0.25, -0.2) is 0 Å². The molecule has 3 aromatic rings. The second kappa shape index (κ2) is 10.6. The minimum atomic E-state index is -0.0476. The van der Waals surface area contributed by atoms with Crippen LogP contribution in [0.3, 0.4) is 0 Å². The van der Waals surface area contributed by atoms with Crippen LogP contribution in [0.2, 0.25) is 0 Å². The number of rotatable bonds is 7. The van der Waals surface area contributed by atoms with E-state index < -0.39 is 0 Å². The van der Waals surface area contributed by atoms with Gasteiger partial charge in [0, 0.05) is 42.2 Å². The Morgan fingerprint density at radius 3 is 2.21 bits per heavy atom. The van der Waals surface area contributed by atoms with Crippen molar-refractivity contribution in [1.29, 1.82) is 0 Å². The number of aryl methyl sites for hydroxylation is 1. The number of carbonyl (C=O) groups is 1. The molecule has 174 valence electrons. The van der Waals surface area contributed by atoms with Crippen LogP contribution in [0.4, 0.5) is 5.00 Å². The molecule has 2 aromatic carbocycles. The topological polar surface area (TPSA) is 35.6 Å². The van der Waals surface area contributed by atoms with Gasteiger partial charge in [-0.3, -0.25) is 9.69 Å². The molecule has 1 aliphatic rings. The van der Waals surface area contributed by atoms with E-state index in [0.29, 0.717) is 11.5 Å². The molecule has 0 spiro atoms. The lowest BCUT2D eigenvalue weighted by Gasteiger charge is -2.38. The number of anilines is 1. The number of nitrogens with zero attached hydrogens (tertiary/aromatic N) is 2. The number of piperazine rings is 1. The molecule has 4 nitrogen and oxygen atoms in total. The standard InChI is InChI=1S/C28H35N3OS/c1-5-24-19-25(28(33-24)29-27(32)23-9-7-6-8-10-23)26(31-17-15-30(4)16-18-31)22-13-11-21(12-14-22)20(2)3/h6-14,19-20,26H,5,15-18H2,1-4H3,(H,29,32). The Morgan fingerprint density at radius 1 is 0.970 bits per heavy atom. The Kier molecular flexibility index (Phi) is 7.63. The van der Waals surface area contributed by atoms with Crippen LogP contribution in [0.15, 0.2) is 60.7 Å². The van der Waals surface area contributed by atoms with Crippen LogP contribution in [0.25, 0.3) is 0 Å². The van der Waals surface area contributed by atoms with Gasteiger partial charge in [0.05, 0.1) is 6.04 Å². The molecule has 33 heavy (non-hydrogen) atoms. The van der Waals surface area contributed by atoms with E-state index in [-0.39, 0.29) is 11.9 Å². The number of nitrogens with one attached hydrogen (secondary N) is 1. The normalized spacial score (nSPS) is 16.2. The van der Waals surface area contributed by atoms with E-state index >= 15 is 0 Å². The lowest BCUT2D eigenvalue weighted by molar-refractivity contribution is 0.102. The summed E-state index contributed by atoms with van der Waals surface area (Å²) in [5.74, 6) is 0.461. The summed E-state index contributed by atoms with van der Waals surface area (Å²) in [7, 11) is 2.19. The number of likely N-dealkylation sites (N-methyl/N-ethyl adjacent to an activating group) is 1. The van der Waals surface area contributed by atoms with E-state index in [9.17, 15) is 4.79 Å². The first kappa shape index (κ1) is 23.7. The first-order valence-corrected chi connectivity index (χ1v) is 12.8. The molecular formula is C28H35N3OS. The monoisotopic (exact) mass is 461 g/mol. The Hall–Kier alpha value is -2.47. The first-order chi connectivity index (χ1) is 16.0. The van der Waals surface area contributed by atoms with E-state index in [1.807, 2.05) is 30.3 Å². The van der Waals surface area contributed by atoms with Crippen molar-refractivity contribution in [3.8, 4) is 0 Å². The average molecular weight is 462 g/mol. The van der Waals surface area contributed by atoms with Crippen LogP contribution in [0, 0.1) is 0 Å². The average Bonchev–Trinajstić information content (AvgIpc) is 3.23. The smallest absolute Gasteiger partial charge is 0.256 e. The Bertz CT molecular complexity index is 1050. The summed E-state index contributed by atoms with van der Waals surface area (Å²) in [6.45, 7) is 10.8. The van der Waals surface area contributed by atoms with Crippen LogP contribution in [-0.2, 0) is 6.42 Å². The lowest BCUT2D eigenvalue weighted by Crippen LogP contribution is -2.46. The van der Waals surface area contributed by atoms with Gasteiger partial charge in [-0.1, -0.05) is 63.2 Å². The number of hydrogen-bond donors (Lipinski definition) is 1. The fourth-order valence-corrected chi connectivity index (χ4v) is 5.45. The van der Waals surface area contributed by atoms with E-state index in [0.717, 1.165) is 37.6 Å². The van der Waals surface area contributed by atoms with Crippen molar-refractivity contribution < 1.29 is 4.79 Å². The highest BCUT2D eigenvalue weighted by atomic mass is 32.1. The molecule has 4 rings (SSSR count). The van der Waals surface area contributed by atoms with Gasteiger partial charge in [0.1, 0.15) is 5.00 Å². The maximum atomic E-state index is 13.0. The van der Waals surface area contributed by atoms with Gasteiger partial charge in [0.25, 0.3) is 5.91 Å². The predicted molar refractivity (Wildman–Crippen MR) is 140 cm³/mol. The lowest BCUT2D eigenvalue weighted by atomic mass is 9.94. The summed E-state index contributed by atoms with van der Waals surface area (Å²) in [5.41, 5.74) is 4.54. The Balaban J connectivity index is 1.73.